The van der Waals surface area contributed by atoms with Crippen LogP contribution in [0.4, 0.5) is 10.5 Å². The van der Waals surface area contributed by atoms with Gasteiger partial charge in [-0.15, -0.1) is 11.3 Å². The molecule has 0 atom stereocenters. The average Bonchev–Trinajstić information content (AvgIpc) is 3.19. The lowest BCUT2D eigenvalue weighted by molar-refractivity contribution is 0.221. The van der Waals surface area contributed by atoms with Crippen LogP contribution < -0.4 is 5.32 Å². The molecule has 2 amide bonds. The van der Waals surface area contributed by atoms with Gasteiger partial charge in [0.1, 0.15) is 0 Å². The summed E-state index contributed by atoms with van der Waals surface area (Å²) in [5.74, 6) is 0.577. The Bertz CT molecular complexity index is 798. The molecule has 0 unspecified atom stereocenters. The highest BCUT2D eigenvalue weighted by Crippen LogP contribution is 2.18. The second kappa shape index (κ2) is 6.57. The lowest BCUT2D eigenvalue weighted by Crippen LogP contribution is -2.31. The van der Waals surface area contributed by atoms with E-state index in [2.05, 4.69) is 20.4 Å². The number of hydrogen-bond acceptors (Lipinski definition) is 5. The molecule has 0 aromatic carbocycles. The van der Waals surface area contributed by atoms with E-state index in [-0.39, 0.29) is 6.03 Å². The van der Waals surface area contributed by atoms with Crippen molar-refractivity contribution in [1.82, 2.24) is 24.6 Å². The maximum Gasteiger partial charge on any atom is 0.322 e. The van der Waals surface area contributed by atoms with Crippen LogP contribution in [0.2, 0.25) is 0 Å². The van der Waals surface area contributed by atoms with E-state index in [1.54, 1.807) is 71.0 Å². The third-order valence-corrected chi connectivity index (χ3v) is 4.06. The Morgan fingerprint density at radius 3 is 2.91 bits per heavy atom. The van der Waals surface area contributed by atoms with Crippen molar-refractivity contribution in [3.63, 3.8) is 0 Å². The number of carbonyl (C=O) groups is 1. The molecule has 0 aliphatic carbocycles. The van der Waals surface area contributed by atoms with Gasteiger partial charge in [0.2, 0.25) is 0 Å². The summed E-state index contributed by atoms with van der Waals surface area (Å²) in [6.45, 7) is 2.45. The smallest absolute Gasteiger partial charge is 0.322 e. The summed E-state index contributed by atoms with van der Waals surface area (Å²) in [5, 5.41) is 8.01. The third kappa shape index (κ3) is 3.54. The van der Waals surface area contributed by atoms with Crippen molar-refractivity contribution in [2.75, 3.05) is 12.4 Å². The minimum absolute atomic E-state index is 0.211. The van der Waals surface area contributed by atoms with Crippen LogP contribution in [0.25, 0.3) is 5.82 Å². The van der Waals surface area contributed by atoms with Gasteiger partial charge in [0, 0.05) is 36.7 Å². The van der Waals surface area contributed by atoms with Crippen LogP contribution in [0.5, 0.6) is 0 Å². The molecule has 3 aromatic rings. The van der Waals surface area contributed by atoms with Crippen LogP contribution in [0.15, 0.2) is 43.0 Å². The second-order valence-corrected chi connectivity index (χ2v) is 6.28. The monoisotopic (exact) mass is 328 g/mol. The van der Waals surface area contributed by atoms with E-state index in [9.17, 15) is 4.79 Å². The molecule has 23 heavy (non-hydrogen) atoms. The molecule has 1 N–H and O–H groups in total. The van der Waals surface area contributed by atoms with Crippen molar-refractivity contribution < 1.29 is 4.79 Å². The van der Waals surface area contributed by atoms with Gasteiger partial charge in [0.15, 0.2) is 5.82 Å². The third-order valence-electron chi connectivity index (χ3n) is 3.16. The molecule has 3 rings (SSSR count). The van der Waals surface area contributed by atoms with E-state index in [1.165, 1.54) is 0 Å². The van der Waals surface area contributed by atoms with Gasteiger partial charge in [-0.05, 0) is 25.1 Å². The van der Waals surface area contributed by atoms with Crippen molar-refractivity contribution >= 4 is 23.1 Å². The van der Waals surface area contributed by atoms with Crippen LogP contribution in [0.3, 0.4) is 0 Å². The van der Waals surface area contributed by atoms with Crippen molar-refractivity contribution in [1.29, 1.82) is 0 Å². The first-order chi connectivity index (χ1) is 11.1. The molecule has 3 aromatic heterocycles. The maximum absolute atomic E-state index is 12.4. The van der Waals surface area contributed by atoms with E-state index >= 15 is 0 Å². The van der Waals surface area contributed by atoms with Crippen LogP contribution in [-0.4, -0.2) is 37.7 Å². The van der Waals surface area contributed by atoms with Crippen LogP contribution in [0.1, 0.15) is 9.88 Å². The lowest BCUT2D eigenvalue weighted by atomic mass is 10.4. The van der Waals surface area contributed by atoms with Gasteiger partial charge in [0.25, 0.3) is 0 Å². The Morgan fingerprint density at radius 1 is 1.35 bits per heavy atom. The van der Waals surface area contributed by atoms with Gasteiger partial charge >= 0.3 is 6.03 Å². The first-order valence-corrected chi connectivity index (χ1v) is 7.83. The van der Waals surface area contributed by atoms with E-state index in [0.29, 0.717) is 18.1 Å². The quantitative estimate of drug-likeness (QED) is 0.799. The molecule has 118 valence electrons. The van der Waals surface area contributed by atoms with Crippen LogP contribution >= 0.6 is 11.3 Å². The van der Waals surface area contributed by atoms with E-state index in [0.717, 1.165) is 9.88 Å². The zero-order valence-corrected chi connectivity index (χ0v) is 13.6. The van der Waals surface area contributed by atoms with Gasteiger partial charge < -0.3 is 10.2 Å². The van der Waals surface area contributed by atoms with Crippen LogP contribution in [-0.2, 0) is 6.54 Å². The zero-order chi connectivity index (χ0) is 16.2. The Morgan fingerprint density at radius 2 is 2.22 bits per heavy atom. The number of aryl methyl sites for hydroxylation is 1. The molecule has 0 spiro atoms. The first kappa shape index (κ1) is 15.2. The second-order valence-electron chi connectivity index (χ2n) is 4.96. The molecule has 8 heteroatoms. The van der Waals surface area contributed by atoms with E-state index < -0.39 is 0 Å². The molecular weight excluding hydrogens is 312 g/mol. The summed E-state index contributed by atoms with van der Waals surface area (Å²) in [6.07, 6.45) is 6.90. The average molecular weight is 328 g/mol. The van der Waals surface area contributed by atoms with Crippen LogP contribution in [0, 0.1) is 6.92 Å². The topological polar surface area (TPSA) is 75.9 Å². The van der Waals surface area contributed by atoms with Crippen molar-refractivity contribution in [2.24, 2.45) is 0 Å². The van der Waals surface area contributed by atoms with Gasteiger partial charge in [0.05, 0.1) is 17.2 Å². The summed E-state index contributed by atoms with van der Waals surface area (Å²) < 4.78 is 1.61. The number of nitrogens with one attached hydrogen (secondary N) is 1. The number of rotatable bonds is 4. The molecule has 3 heterocycles. The number of pyridine rings is 1. The minimum Gasteiger partial charge on any atom is -0.322 e. The Hall–Kier alpha value is -2.74. The Balaban J connectivity index is 1.73. The summed E-state index contributed by atoms with van der Waals surface area (Å²) in [4.78, 5) is 23.5. The standard InChI is InChI=1S/C15H16N6OS/c1-11-17-9-12(23-11)10-20(2)15(22)19-13-5-3-6-16-14(13)21-8-4-7-18-21/h3-9H,10H2,1-2H3,(H,19,22). The maximum atomic E-state index is 12.4. The van der Waals surface area contributed by atoms with Gasteiger partial charge in [-0.25, -0.2) is 19.4 Å². The molecule has 0 radical (unpaired) electrons. The summed E-state index contributed by atoms with van der Waals surface area (Å²) in [7, 11) is 1.74. The highest BCUT2D eigenvalue weighted by atomic mass is 32.1. The molecule has 0 bridgehead atoms. The normalized spacial score (nSPS) is 10.5. The summed E-state index contributed by atoms with van der Waals surface area (Å²) in [5.41, 5.74) is 0.605. The lowest BCUT2D eigenvalue weighted by Gasteiger charge is -2.18. The van der Waals surface area contributed by atoms with Crippen molar-refractivity contribution in [2.45, 2.75) is 13.5 Å². The highest BCUT2D eigenvalue weighted by molar-refractivity contribution is 7.11. The predicted molar refractivity (Wildman–Crippen MR) is 88.7 cm³/mol. The van der Waals surface area contributed by atoms with Crippen molar-refractivity contribution in [3.8, 4) is 5.82 Å². The van der Waals surface area contributed by atoms with Gasteiger partial charge in [-0.3, -0.25) is 0 Å². The molecule has 0 saturated carbocycles. The fourth-order valence-corrected chi connectivity index (χ4v) is 2.91. The molecule has 0 aliphatic rings. The number of thiazole rings is 1. The van der Waals surface area contributed by atoms with E-state index in [4.69, 9.17) is 0 Å². The predicted octanol–water partition coefficient (Wildman–Crippen LogP) is 2.70. The minimum atomic E-state index is -0.211. The number of carbonyl (C=O) groups excluding carboxylic acids is 1. The van der Waals surface area contributed by atoms with Gasteiger partial charge in [-0.2, -0.15) is 5.10 Å². The molecule has 0 saturated heterocycles. The number of amides is 2. The number of anilines is 1. The number of urea groups is 1. The fraction of sp³-hybridized carbons (Fsp3) is 0.200. The summed E-state index contributed by atoms with van der Waals surface area (Å²) in [6, 6.07) is 5.16. The number of nitrogens with zero attached hydrogens (tertiary/aromatic N) is 5. The number of hydrogen-bond donors (Lipinski definition) is 1. The first-order valence-electron chi connectivity index (χ1n) is 7.02. The largest absolute Gasteiger partial charge is 0.322 e. The Kier molecular flexibility index (Phi) is 4.33. The van der Waals surface area contributed by atoms with Gasteiger partial charge in [-0.1, -0.05) is 0 Å². The molecule has 0 fully saturated rings. The molecule has 0 aliphatic heterocycles. The van der Waals surface area contributed by atoms with E-state index in [1.807, 2.05) is 6.92 Å². The highest BCUT2D eigenvalue weighted by Gasteiger charge is 2.14. The fourth-order valence-electron chi connectivity index (χ4n) is 2.07. The SMILES string of the molecule is Cc1ncc(CN(C)C(=O)Nc2cccnc2-n2cccn2)s1. The molecular formula is C15H16N6OS. The Labute approximate surface area is 137 Å². The van der Waals surface area contributed by atoms with Crippen molar-refractivity contribution in [3.05, 3.63) is 52.9 Å². The molecule has 7 nitrogen and oxygen atoms in total. The number of aromatic nitrogens is 4. The zero-order valence-electron chi connectivity index (χ0n) is 12.8. The summed E-state index contributed by atoms with van der Waals surface area (Å²) >= 11 is 1.58.